The molecule has 0 aromatic carbocycles. The van der Waals surface area contributed by atoms with Crippen LogP contribution in [0.5, 0.6) is 0 Å². The van der Waals surface area contributed by atoms with E-state index in [1.807, 2.05) is 0 Å². The smallest absolute Gasteiger partial charge is 0.0220 e. The molecule has 0 amide bonds. The monoisotopic (exact) mass is 246 g/mol. The molecule has 2 nitrogen and oxygen atoms in total. The van der Waals surface area contributed by atoms with E-state index in [9.17, 15) is 0 Å². The lowest BCUT2D eigenvalue weighted by Gasteiger charge is -2.21. The van der Waals surface area contributed by atoms with Crippen molar-refractivity contribution in [2.45, 2.75) is 52.1 Å². The minimum absolute atomic E-state index is 0.974. The van der Waals surface area contributed by atoms with Crippen molar-refractivity contribution < 1.29 is 0 Å². The van der Waals surface area contributed by atoms with E-state index in [2.05, 4.69) is 35.3 Å². The summed E-state index contributed by atoms with van der Waals surface area (Å²) in [6.45, 7) is 5.66. The average Bonchev–Trinajstić information content (AvgIpc) is 3.06. The van der Waals surface area contributed by atoms with E-state index in [1.165, 1.54) is 44.2 Å². The summed E-state index contributed by atoms with van der Waals surface area (Å²) in [5.41, 5.74) is 1.44. The van der Waals surface area contributed by atoms with Crippen molar-refractivity contribution in [3.8, 4) is 0 Å². The van der Waals surface area contributed by atoms with Crippen LogP contribution in [0, 0.1) is 17.8 Å². The zero-order chi connectivity index (χ0) is 12.4. The molecule has 2 saturated carbocycles. The predicted molar refractivity (Wildman–Crippen MR) is 75.4 cm³/mol. The van der Waals surface area contributed by atoms with Crippen molar-refractivity contribution in [2.24, 2.45) is 17.8 Å². The Bertz CT molecular complexity index is 382. The van der Waals surface area contributed by atoms with Gasteiger partial charge in [0.25, 0.3) is 0 Å². The molecule has 1 aromatic heterocycles. The second-order valence-electron chi connectivity index (χ2n) is 6.32. The summed E-state index contributed by atoms with van der Waals surface area (Å²) in [5, 5.41) is 3.67. The fourth-order valence-electron chi connectivity index (χ4n) is 4.02. The van der Waals surface area contributed by atoms with Crippen LogP contribution >= 0.6 is 0 Å². The van der Waals surface area contributed by atoms with Gasteiger partial charge in [-0.15, -0.1) is 0 Å². The molecule has 2 aliphatic carbocycles. The number of hydrogen-bond acceptors (Lipinski definition) is 1. The molecule has 2 fully saturated rings. The minimum atomic E-state index is 0.974. The van der Waals surface area contributed by atoms with Crippen LogP contribution < -0.4 is 5.32 Å². The first-order valence-corrected chi connectivity index (χ1v) is 7.70. The normalized spacial score (nSPS) is 30.2. The van der Waals surface area contributed by atoms with Crippen LogP contribution in [-0.4, -0.2) is 11.1 Å². The maximum absolute atomic E-state index is 3.67. The Labute approximate surface area is 111 Å². The molecule has 2 heteroatoms. The van der Waals surface area contributed by atoms with Crippen LogP contribution in [0.15, 0.2) is 18.5 Å². The van der Waals surface area contributed by atoms with Gasteiger partial charge in [0.2, 0.25) is 0 Å². The first-order chi connectivity index (χ1) is 8.85. The molecule has 100 valence electrons. The van der Waals surface area contributed by atoms with E-state index in [-0.39, 0.29) is 0 Å². The van der Waals surface area contributed by atoms with Crippen LogP contribution in [0.25, 0.3) is 0 Å². The van der Waals surface area contributed by atoms with Crippen LogP contribution in [0.3, 0.4) is 0 Å². The molecule has 18 heavy (non-hydrogen) atoms. The summed E-state index contributed by atoms with van der Waals surface area (Å²) in [7, 11) is 0. The van der Waals surface area contributed by atoms with Crippen LogP contribution in [0.2, 0.25) is 0 Å². The maximum Gasteiger partial charge on any atom is 0.0220 e. The number of nitrogens with zero attached hydrogens (tertiary/aromatic N) is 1. The fraction of sp³-hybridized carbons (Fsp3) is 0.750. The van der Waals surface area contributed by atoms with Gasteiger partial charge < -0.3 is 9.88 Å². The zero-order valence-corrected chi connectivity index (χ0v) is 11.6. The highest BCUT2D eigenvalue weighted by molar-refractivity contribution is 5.10. The highest BCUT2D eigenvalue weighted by Crippen LogP contribution is 2.47. The number of aromatic nitrogens is 1. The number of aryl methyl sites for hydroxylation is 1. The number of fused-ring (bicyclic) bond motifs is 2. The first-order valence-electron chi connectivity index (χ1n) is 7.70. The van der Waals surface area contributed by atoms with E-state index >= 15 is 0 Å². The molecule has 0 saturated heterocycles. The number of rotatable bonds is 6. The summed E-state index contributed by atoms with van der Waals surface area (Å²) < 4.78 is 2.30. The summed E-state index contributed by atoms with van der Waals surface area (Å²) >= 11 is 0. The summed E-state index contributed by atoms with van der Waals surface area (Å²) in [6.07, 6.45) is 11.8. The lowest BCUT2D eigenvalue weighted by atomic mass is 9.89. The Morgan fingerprint density at radius 2 is 2.28 bits per heavy atom. The molecular weight excluding hydrogens is 220 g/mol. The third kappa shape index (κ3) is 2.64. The van der Waals surface area contributed by atoms with E-state index in [1.54, 1.807) is 0 Å². The van der Waals surface area contributed by atoms with E-state index in [0.29, 0.717) is 0 Å². The molecule has 3 atom stereocenters. The van der Waals surface area contributed by atoms with E-state index in [0.717, 1.165) is 30.8 Å². The van der Waals surface area contributed by atoms with Crippen molar-refractivity contribution in [3.05, 3.63) is 24.0 Å². The molecule has 1 N–H and O–H groups in total. The molecule has 2 bridgehead atoms. The Morgan fingerprint density at radius 1 is 1.33 bits per heavy atom. The predicted octanol–water partition coefficient (Wildman–Crippen LogP) is 3.42. The van der Waals surface area contributed by atoms with Gasteiger partial charge in [-0.3, -0.25) is 0 Å². The minimum Gasteiger partial charge on any atom is -0.354 e. The van der Waals surface area contributed by atoms with Gasteiger partial charge in [0.05, 0.1) is 0 Å². The van der Waals surface area contributed by atoms with Crippen molar-refractivity contribution in [2.75, 3.05) is 6.54 Å². The summed E-state index contributed by atoms with van der Waals surface area (Å²) in [5.74, 6) is 3.10. The van der Waals surface area contributed by atoms with Crippen molar-refractivity contribution in [1.29, 1.82) is 0 Å². The molecule has 0 aliphatic heterocycles. The fourth-order valence-corrected chi connectivity index (χ4v) is 4.02. The summed E-state index contributed by atoms with van der Waals surface area (Å²) in [4.78, 5) is 0. The number of nitrogens with one attached hydrogen (secondary N) is 1. The van der Waals surface area contributed by atoms with Crippen LogP contribution in [0.4, 0.5) is 0 Å². The summed E-state index contributed by atoms with van der Waals surface area (Å²) in [6, 6.07) is 2.25. The maximum atomic E-state index is 3.67. The second-order valence-corrected chi connectivity index (χ2v) is 6.32. The average molecular weight is 246 g/mol. The van der Waals surface area contributed by atoms with Gasteiger partial charge in [-0.05, 0) is 61.6 Å². The first kappa shape index (κ1) is 12.3. The van der Waals surface area contributed by atoms with Gasteiger partial charge in [-0.2, -0.15) is 0 Å². The van der Waals surface area contributed by atoms with Gasteiger partial charge in [-0.25, -0.2) is 0 Å². The standard InChI is InChI=1S/C16H26N2/c1-2-6-18-7-5-14(12-18)10-17-11-16-9-13-3-4-15(16)8-13/h5,7,12-13,15-17H,2-4,6,8-11H2,1H3. The number of hydrogen-bond donors (Lipinski definition) is 1. The molecule has 1 heterocycles. The second kappa shape index (κ2) is 5.48. The van der Waals surface area contributed by atoms with Gasteiger partial charge in [0.15, 0.2) is 0 Å². The molecule has 3 unspecified atom stereocenters. The third-order valence-corrected chi connectivity index (χ3v) is 4.91. The largest absolute Gasteiger partial charge is 0.354 e. The third-order valence-electron chi connectivity index (χ3n) is 4.91. The molecule has 3 rings (SSSR count). The Kier molecular flexibility index (Phi) is 3.74. The van der Waals surface area contributed by atoms with Gasteiger partial charge >= 0.3 is 0 Å². The van der Waals surface area contributed by atoms with E-state index < -0.39 is 0 Å². The molecular formula is C16H26N2. The van der Waals surface area contributed by atoms with Gasteiger partial charge in [0, 0.05) is 25.5 Å². The molecule has 0 spiro atoms. The molecule has 0 radical (unpaired) electrons. The topological polar surface area (TPSA) is 17.0 Å². The zero-order valence-electron chi connectivity index (χ0n) is 11.6. The quantitative estimate of drug-likeness (QED) is 0.814. The van der Waals surface area contributed by atoms with E-state index in [4.69, 9.17) is 0 Å². The SMILES string of the molecule is CCCn1ccc(CNCC2CC3CCC2C3)c1. The van der Waals surface area contributed by atoms with Crippen molar-refractivity contribution >= 4 is 0 Å². The Balaban J connectivity index is 1.41. The lowest BCUT2D eigenvalue weighted by molar-refractivity contribution is 0.318. The lowest BCUT2D eigenvalue weighted by Crippen LogP contribution is -2.26. The highest BCUT2D eigenvalue weighted by Gasteiger charge is 2.38. The van der Waals surface area contributed by atoms with Crippen molar-refractivity contribution in [3.63, 3.8) is 0 Å². The highest BCUT2D eigenvalue weighted by atomic mass is 14.9. The van der Waals surface area contributed by atoms with Crippen LogP contribution in [0.1, 0.15) is 44.6 Å². The van der Waals surface area contributed by atoms with Gasteiger partial charge in [-0.1, -0.05) is 13.3 Å². The van der Waals surface area contributed by atoms with Gasteiger partial charge in [0.1, 0.15) is 0 Å². The Hall–Kier alpha value is -0.760. The van der Waals surface area contributed by atoms with Crippen LogP contribution in [-0.2, 0) is 13.1 Å². The Morgan fingerprint density at radius 3 is 3.00 bits per heavy atom. The molecule has 1 aromatic rings. The van der Waals surface area contributed by atoms with Crippen molar-refractivity contribution in [1.82, 2.24) is 9.88 Å². The molecule has 2 aliphatic rings.